The summed E-state index contributed by atoms with van der Waals surface area (Å²) < 4.78 is 0. The van der Waals surface area contributed by atoms with Crippen LogP contribution in [0.15, 0.2) is 0 Å². The van der Waals surface area contributed by atoms with Crippen LogP contribution >= 0.6 is 0 Å². The van der Waals surface area contributed by atoms with E-state index in [1.807, 2.05) is 11.9 Å². The van der Waals surface area contributed by atoms with Gasteiger partial charge in [0, 0.05) is 20.0 Å². The van der Waals surface area contributed by atoms with Gasteiger partial charge in [-0.1, -0.05) is 20.3 Å². The Kier molecular flexibility index (Phi) is 3.34. The topological polar surface area (TPSA) is 20.3 Å². The van der Waals surface area contributed by atoms with Crippen LogP contribution in [0.3, 0.4) is 0 Å². The highest BCUT2D eigenvalue weighted by atomic mass is 16.2. The van der Waals surface area contributed by atoms with E-state index in [9.17, 15) is 4.79 Å². The van der Waals surface area contributed by atoms with Crippen LogP contribution < -0.4 is 0 Å². The molecule has 1 aliphatic carbocycles. The molecule has 1 saturated carbocycles. The molecule has 0 aromatic carbocycles. The van der Waals surface area contributed by atoms with Crippen LogP contribution in [-0.2, 0) is 4.79 Å². The first-order valence-corrected chi connectivity index (χ1v) is 5.27. The second-order valence-electron chi connectivity index (χ2n) is 4.51. The maximum atomic E-state index is 11.3. The highest BCUT2D eigenvalue weighted by Gasteiger charge is 2.31. The Bertz CT molecular complexity index is 181. The molecule has 0 heterocycles. The highest BCUT2D eigenvalue weighted by Crippen LogP contribution is 2.31. The molecule has 0 saturated heterocycles. The van der Waals surface area contributed by atoms with Gasteiger partial charge in [0.1, 0.15) is 0 Å². The molecule has 0 aromatic heterocycles. The molecule has 0 aliphatic heterocycles. The van der Waals surface area contributed by atoms with Crippen molar-refractivity contribution >= 4 is 5.91 Å². The molecule has 0 radical (unpaired) electrons. The SMILES string of the molecule is CC(=O)N(C)C1C(C)CCCC1C. The first kappa shape index (κ1) is 10.6. The fourth-order valence-corrected chi connectivity index (χ4v) is 2.64. The summed E-state index contributed by atoms with van der Waals surface area (Å²) in [7, 11) is 1.94. The van der Waals surface area contributed by atoms with Crippen molar-refractivity contribution in [2.24, 2.45) is 11.8 Å². The molecular weight excluding hydrogens is 162 g/mol. The van der Waals surface area contributed by atoms with Crippen molar-refractivity contribution in [3.8, 4) is 0 Å². The monoisotopic (exact) mass is 183 g/mol. The number of nitrogens with zero attached hydrogens (tertiary/aromatic N) is 1. The van der Waals surface area contributed by atoms with Crippen LogP contribution in [0.5, 0.6) is 0 Å². The minimum Gasteiger partial charge on any atom is -0.342 e. The minimum atomic E-state index is 0.200. The van der Waals surface area contributed by atoms with Crippen LogP contribution in [-0.4, -0.2) is 23.9 Å². The average molecular weight is 183 g/mol. The Morgan fingerprint density at radius 1 is 1.23 bits per heavy atom. The van der Waals surface area contributed by atoms with Gasteiger partial charge in [-0.05, 0) is 24.7 Å². The molecule has 0 bridgehead atoms. The average Bonchev–Trinajstić information content (AvgIpc) is 2.03. The third kappa shape index (κ3) is 2.23. The lowest BCUT2D eigenvalue weighted by Gasteiger charge is -2.40. The fourth-order valence-electron chi connectivity index (χ4n) is 2.64. The predicted octanol–water partition coefficient (Wildman–Crippen LogP) is 2.29. The van der Waals surface area contributed by atoms with Crippen molar-refractivity contribution in [3.63, 3.8) is 0 Å². The normalized spacial score (nSPS) is 34.3. The van der Waals surface area contributed by atoms with E-state index in [4.69, 9.17) is 0 Å². The maximum absolute atomic E-state index is 11.3. The van der Waals surface area contributed by atoms with E-state index in [1.54, 1.807) is 6.92 Å². The zero-order valence-corrected chi connectivity index (χ0v) is 9.21. The molecule has 1 amide bonds. The largest absolute Gasteiger partial charge is 0.342 e. The van der Waals surface area contributed by atoms with Gasteiger partial charge in [0.2, 0.25) is 5.91 Å². The van der Waals surface area contributed by atoms with Crippen LogP contribution in [0, 0.1) is 11.8 Å². The van der Waals surface area contributed by atoms with Crippen molar-refractivity contribution in [2.75, 3.05) is 7.05 Å². The lowest BCUT2D eigenvalue weighted by Crippen LogP contribution is -2.46. The second-order valence-corrected chi connectivity index (χ2v) is 4.51. The van der Waals surface area contributed by atoms with Gasteiger partial charge in [-0.15, -0.1) is 0 Å². The summed E-state index contributed by atoms with van der Waals surface area (Å²) in [6.07, 6.45) is 3.86. The number of rotatable bonds is 1. The van der Waals surface area contributed by atoms with Gasteiger partial charge in [-0.25, -0.2) is 0 Å². The van der Waals surface area contributed by atoms with Gasteiger partial charge < -0.3 is 4.90 Å². The smallest absolute Gasteiger partial charge is 0.219 e. The van der Waals surface area contributed by atoms with E-state index in [0.717, 1.165) is 0 Å². The third-order valence-electron chi connectivity index (χ3n) is 3.43. The molecule has 2 unspecified atom stereocenters. The first-order valence-electron chi connectivity index (χ1n) is 5.27. The summed E-state index contributed by atoms with van der Waals surface area (Å²) in [5.74, 6) is 1.53. The molecule has 2 atom stereocenters. The van der Waals surface area contributed by atoms with Crippen LogP contribution in [0.25, 0.3) is 0 Å². The van der Waals surface area contributed by atoms with Crippen LogP contribution in [0.4, 0.5) is 0 Å². The van der Waals surface area contributed by atoms with Crippen LogP contribution in [0.2, 0.25) is 0 Å². The molecule has 0 N–H and O–H groups in total. The Morgan fingerprint density at radius 3 is 2.08 bits per heavy atom. The van der Waals surface area contributed by atoms with Gasteiger partial charge in [-0.3, -0.25) is 4.79 Å². The van der Waals surface area contributed by atoms with E-state index in [2.05, 4.69) is 13.8 Å². The minimum absolute atomic E-state index is 0.200. The van der Waals surface area contributed by atoms with Gasteiger partial charge in [0.25, 0.3) is 0 Å². The van der Waals surface area contributed by atoms with Crippen molar-refractivity contribution < 1.29 is 4.79 Å². The first-order chi connectivity index (χ1) is 6.04. The molecule has 76 valence electrons. The summed E-state index contributed by atoms with van der Waals surface area (Å²) in [6, 6.07) is 0.464. The van der Waals surface area contributed by atoms with Crippen molar-refractivity contribution in [1.82, 2.24) is 4.90 Å². The summed E-state index contributed by atoms with van der Waals surface area (Å²) >= 11 is 0. The zero-order chi connectivity index (χ0) is 10.0. The van der Waals surface area contributed by atoms with E-state index >= 15 is 0 Å². The van der Waals surface area contributed by atoms with Gasteiger partial charge in [0.15, 0.2) is 0 Å². The molecule has 2 heteroatoms. The Balaban J connectivity index is 2.67. The zero-order valence-electron chi connectivity index (χ0n) is 9.21. The summed E-state index contributed by atoms with van der Waals surface area (Å²) in [5, 5.41) is 0. The quantitative estimate of drug-likeness (QED) is 0.611. The number of hydrogen-bond donors (Lipinski definition) is 0. The van der Waals surface area contributed by atoms with Crippen LogP contribution in [0.1, 0.15) is 40.0 Å². The Labute approximate surface area is 81.3 Å². The molecule has 2 nitrogen and oxygen atoms in total. The number of amides is 1. The number of carbonyl (C=O) groups is 1. The predicted molar refractivity (Wildman–Crippen MR) is 54.4 cm³/mol. The van der Waals surface area contributed by atoms with Gasteiger partial charge in [-0.2, -0.15) is 0 Å². The lowest BCUT2D eigenvalue weighted by molar-refractivity contribution is -0.132. The Morgan fingerprint density at radius 2 is 1.69 bits per heavy atom. The molecule has 13 heavy (non-hydrogen) atoms. The second kappa shape index (κ2) is 4.12. The lowest BCUT2D eigenvalue weighted by atomic mass is 9.78. The van der Waals surface area contributed by atoms with E-state index in [0.29, 0.717) is 17.9 Å². The van der Waals surface area contributed by atoms with E-state index < -0.39 is 0 Å². The molecule has 0 aromatic rings. The summed E-state index contributed by atoms with van der Waals surface area (Å²) in [4.78, 5) is 13.2. The maximum Gasteiger partial charge on any atom is 0.219 e. The number of hydrogen-bond acceptors (Lipinski definition) is 1. The fraction of sp³-hybridized carbons (Fsp3) is 0.909. The summed E-state index contributed by atoms with van der Waals surface area (Å²) in [6.45, 7) is 6.19. The van der Waals surface area contributed by atoms with Crippen molar-refractivity contribution in [3.05, 3.63) is 0 Å². The highest BCUT2D eigenvalue weighted by molar-refractivity contribution is 5.73. The summed E-state index contributed by atoms with van der Waals surface area (Å²) in [5.41, 5.74) is 0. The Hall–Kier alpha value is -0.530. The standard InChI is InChI=1S/C11H21NO/c1-8-6-5-7-9(2)11(8)12(4)10(3)13/h8-9,11H,5-7H2,1-4H3. The molecule has 0 spiro atoms. The molecule has 1 fully saturated rings. The molecular formula is C11H21NO. The van der Waals surface area contributed by atoms with E-state index in [-0.39, 0.29) is 5.91 Å². The van der Waals surface area contributed by atoms with Gasteiger partial charge in [0.05, 0.1) is 0 Å². The van der Waals surface area contributed by atoms with Crippen molar-refractivity contribution in [2.45, 2.75) is 46.1 Å². The molecule has 1 rings (SSSR count). The van der Waals surface area contributed by atoms with Gasteiger partial charge >= 0.3 is 0 Å². The number of carbonyl (C=O) groups excluding carboxylic acids is 1. The third-order valence-corrected chi connectivity index (χ3v) is 3.43. The van der Waals surface area contributed by atoms with Crippen molar-refractivity contribution in [1.29, 1.82) is 0 Å². The van der Waals surface area contributed by atoms with E-state index in [1.165, 1.54) is 19.3 Å². The molecule has 1 aliphatic rings.